The van der Waals surface area contributed by atoms with Gasteiger partial charge in [0.15, 0.2) is 0 Å². The van der Waals surface area contributed by atoms with Crippen LogP contribution in [0.25, 0.3) is 0 Å². The monoisotopic (exact) mass is 226 g/mol. The van der Waals surface area contributed by atoms with Crippen molar-refractivity contribution in [2.45, 2.75) is 59.1 Å². The van der Waals surface area contributed by atoms with Crippen molar-refractivity contribution in [3.05, 3.63) is 0 Å². The first-order chi connectivity index (χ1) is 7.60. The molecule has 0 aromatic rings. The largest absolute Gasteiger partial charge is 0.378 e. The second-order valence-corrected chi connectivity index (χ2v) is 4.74. The van der Waals surface area contributed by atoms with Gasteiger partial charge in [0.2, 0.25) is 0 Å². The van der Waals surface area contributed by atoms with Crippen LogP contribution in [0, 0.1) is 17.2 Å². The highest BCUT2D eigenvalue weighted by molar-refractivity contribution is 4.89. The molecule has 0 radical (unpaired) electrons. The molecule has 0 aliphatic heterocycles. The summed E-state index contributed by atoms with van der Waals surface area (Å²) in [5, 5.41) is 12.1. The van der Waals surface area contributed by atoms with Crippen LogP contribution in [0.4, 0.5) is 0 Å². The van der Waals surface area contributed by atoms with E-state index in [4.69, 9.17) is 10.00 Å². The van der Waals surface area contributed by atoms with Crippen LogP contribution < -0.4 is 5.32 Å². The minimum absolute atomic E-state index is 0.0637. The van der Waals surface area contributed by atoms with Crippen LogP contribution in [0.3, 0.4) is 0 Å². The number of nitrogens with one attached hydrogen (secondary N) is 1. The molecule has 0 aromatic heterocycles. The predicted octanol–water partition coefficient (Wildman–Crippen LogP) is 2.72. The topological polar surface area (TPSA) is 45.0 Å². The normalized spacial score (nSPS) is 14.8. The summed E-state index contributed by atoms with van der Waals surface area (Å²) < 4.78 is 5.67. The van der Waals surface area contributed by atoms with E-state index in [-0.39, 0.29) is 6.04 Å². The minimum atomic E-state index is -0.0637. The van der Waals surface area contributed by atoms with Crippen LogP contribution in [0.15, 0.2) is 0 Å². The molecular weight excluding hydrogens is 200 g/mol. The van der Waals surface area contributed by atoms with Crippen molar-refractivity contribution < 1.29 is 4.74 Å². The van der Waals surface area contributed by atoms with Crippen LogP contribution in [-0.4, -0.2) is 25.3 Å². The molecule has 0 aromatic carbocycles. The molecule has 0 aliphatic carbocycles. The van der Waals surface area contributed by atoms with Gasteiger partial charge in [-0.2, -0.15) is 5.26 Å². The summed E-state index contributed by atoms with van der Waals surface area (Å²) in [6.45, 7) is 10.2. The van der Waals surface area contributed by atoms with E-state index < -0.39 is 0 Å². The Balaban J connectivity index is 3.58. The smallest absolute Gasteiger partial charge is 0.0975 e. The standard InChI is InChI=1S/C13H26N2O/c1-5-7-15-13(10-14)6-8-16-12(4)9-11(2)3/h11-13,15H,5-9H2,1-4H3. The molecule has 2 unspecified atom stereocenters. The summed E-state index contributed by atoms with van der Waals surface area (Å²) in [6.07, 6.45) is 3.21. The number of rotatable bonds is 9. The molecule has 3 heteroatoms. The van der Waals surface area contributed by atoms with E-state index >= 15 is 0 Å². The van der Waals surface area contributed by atoms with Crippen molar-refractivity contribution in [3.8, 4) is 6.07 Å². The van der Waals surface area contributed by atoms with Crippen molar-refractivity contribution in [3.63, 3.8) is 0 Å². The molecule has 0 heterocycles. The number of nitrogens with zero attached hydrogens (tertiary/aromatic N) is 1. The molecule has 0 bridgehead atoms. The van der Waals surface area contributed by atoms with Crippen molar-refractivity contribution in [1.82, 2.24) is 5.32 Å². The van der Waals surface area contributed by atoms with E-state index in [1.165, 1.54) is 0 Å². The van der Waals surface area contributed by atoms with Gasteiger partial charge in [0, 0.05) is 6.61 Å². The van der Waals surface area contributed by atoms with Crippen LogP contribution >= 0.6 is 0 Å². The van der Waals surface area contributed by atoms with Gasteiger partial charge in [-0.15, -0.1) is 0 Å². The van der Waals surface area contributed by atoms with Gasteiger partial charge in [-0.1, -0.05) is 20.8 Å². The second kappa shape index (κ2) is 9.62. The van der Waals surface area contributed by atoms with E-state index in [0.717, 1.165) is 25.8 Å². The highest BCUT2D eigenvalue weighted by Gasteiger charge is 2.08. The maximum Gasteiger partial charge on any atom is 0.0975 e. The maximum absolute atomic E-state index is 8.90. The van der Waals surface area contributed by atoms with Gasteiger partial charge in [-0.25, -0.2) is 0 Å². The fourth-order valence-corrected chi connectivity index (χ4v) is 1.65. The summed E-state index contributed by atoms with van der Waals surface area (Å²) in [5.41, 5.74) is 0. The van der Waals surface area contributed by atoms with E-state index in [0.29, 0.717) is 18.6 Å². The number of hydrogen-bond donors (Lipinski definition) is 1. The van der Waals surface area contributed by atoms with Crippen molar-refractivity contribution in [2.75, 3.05) is 13.2 Å². The van der Waals surface area contributed by atoms with Crippen molar-refractivity contribution >= 4 is 0 Å². The van der Waals surface area contributed by atoms with Gasteiger partial charge in [0.05, 0.1) is 18.2 Å². The average Bonchev–Trinajstić information content (AvgIpc) is 2.22. The SMILES string of the molecule is CCCNC(C#N)CCOC(C)CC(C)C. The molecule has 1 N–H and O–H groups in total. The molecular formula is C13H26N2O. The fraction of sp³-hybridized carbons (Fsp3) is 0.923. The lowest BCUT2D eigenvalue weighted by atomic mass is 10.1. The first kappa shape index (κ1) is 15.4. The first-order valence-corrected chi connectivity index (χ1v) is 6.34. The van der Waals surface area contributed by atoms with Gasteiger partial charge >= 0.3 is 0 Å². The maximum atomic E-state index is 8.90. The quantitative estimate of drug-likeness (QED) is 0.657. The number of nitriles is 1. The molecule has 3 nitrogen and oxygen atoms in total. The summed E-state index contributed by atoms with van der Waals surface area (Å²) in [5.74, 6) is 0.667. The van der Waals surface area contributed by atoms with Gasteiger partial charge in [-0.05, 0) is 38.6 Å². The Morgan fingerprint density at radius 1 is 1.31 bits per heavy atom. The van der Waals surface area contributed by atoms with Crippen LogP contribution in [0.5, 0.6) is 0 Å². The summed E-state index contributed by atoms with van der Waals surface area (Å²) in [6, 6.07) is 2.20. The van der Waals surface area contributed by atoms with E-state index in [1.54, 1.807) is 0 Å². The van der Waals surface area contributed by atoms with E-state index in [1.807, 2.05) is 0 Å². The van der Waals surface area contributed by atoms with Crippen LogP contribution in [-0.2, 0) is 4.74 Å². The van der Waals surface area contributed by atoms with Crippen LogP contribution in [0.1, 0.15) is 47.0 Å². The molecule has 0 amide bonds. The third-order valence-corrected chi connectivity index (χ3v) is 2.41. The van der Waals surface area contributed by atoms with Gasteiger partial charge < -0.3 is 10.1 Å². The van der Waals surface area contributed by atoms with E-state index in [2.05, 4.69) is 39.1 Å². The Kier molecular flexibility index (Phi) is 9.27. The van der Waals surface area contributed by atoms with Gasteiger partial charge in [0.25, 0.3) is 0 Å². The molecule has 2 atom stereocenters. The molecule has 94 valence electrons. The Hall–Kier alpha value is -0.590. The molecule has 0 saturated carbocycles. The minimum Gasteiger partial charge on any atom is -0.378 e. The highest BCUT2D eigenvalue weighted by Crippen LogP contribution is 2.08. The highest BCUT2D eigenvalue weighted by atomic mass is 16.5. The molecule has 0 rings (SSSR count). The average molecular weight is 226 g/mol. The number of hydrogen-bond acceptors (Lipinski definition) is 3. The lowest BCUT2D eigenvalue weighted by Gasteiger charge is -2.16. The fourth-order valence-electron chi connectivity index (χ4n) is 1.65. The predicted molar refractivity (Wildman–Crippen MR) is 67.2 cm³/mol. The first-order valence-electron chi connectivity index (χ1n) is 6.34. The summed E-state index contributed by atoms with van der Waals surface area (Å²) in [7, 11) is 0. The Bertz CT molecular complexity index is 199. The zero-order chi connectivity index (χ0) is 12.4. The Labute approximate surface area is 100 Å². The number of ether oxygens (including phenoxy) is 1. The molecule has 16 heavy (non-hydrogen) atoms. The second-order valence-electron chi connectivity index (χ2n) is 4.74. The lowest BCUT2D eigenvalue weighted by Crippen LogP contribution is -2.30. The molecule has 0 saturated heterocycles. The zero-order valence-corrected chi connectivity index (χ0v) is 11.1. The van der Waals surface area contributed by atoms with Crippen molar-refractivity contribution in [1.29, 1.82) is 5.26 Å². The van der Waals surface area contributed by atoms with Gasteiger partial charge in [0.1, 0.15) is 0 Å². The van der Waals surface area contributed by atoms with E-state index in [9.17, 15) is 0 Å². The Morgan fingerprint density at radius 3 is 2.50 bits per heavy atom. The van der Waals surface area contributed by atoms with Crippen LogP contribution in [0.2, 0.25) is 0 Å². The molecule has 0 spiro atoms. The molecule has 0 aliphatic rings. The summed E-state index contributed by atoms with van der Waals surface area (Å²) in [4.78, 5) is 0. The summed E-state index contributed by atoms with van der Waals surface area (Å²) >= 11 is 0. The Morgan fingerprint density at radius 2 is 2.00 bits per heavy atom. The zero-order valence-electron chi connectivity index (χ0n) is 11.1. The van der Waals surface area contributed by atoms with Gasteiger partial charge in [-0.3, -0.25) is 0 Å². The molecule has 0 fully saturated rings. The third kappa shape index (κ3) is 8.70. The lowest BCUT2D eigenvalue weighted by molar-refractivity contribution is 0.0483. The van der Waals surface area contributed by atoms with Crippen molar-refractivity contribution in [2.24, 2.45) is 5.92 Å². The third-order valence-electron chi connectivity index (χ3n) is 2.41.